The van der Waals surface area contributed by atoms with Crippen LogP contribution in [0.2, 0.25) is 0 Å². The Bertz CT molecular complexity index is 563. The van der Waals surface area contributed by atoms with E-state index in [1.54, 1.807) is 10.4 Å². The van der Waals surface area contributed by atoms with E-state index in [2.05, 4.69) is 15.9 Å². The summed E-state index contributed by atoms with van der Waals surface area (Å²) in [5.74, 6) is 0.574. The van der Waals surface area contributed by atoms with Crippen molar-refractivity contribution in [3.63, 3.8) is 0 Å². The fourth-order valence-corrected chi connectivity index (χ4v) is 7.50. The highest BCUT2D eigenvalue weighted by Gasteiger charge is 2.40. The molecular formula is C14H20BrNO2S2. The maximum atomic E-state index is 12.8. The van der Waals surface area contributed by atoms with Crippen LogP contribution in [-0.2, 0) is 10.0 Å². The summed E-state index contributed by atoms with van der Waals surface area (Å²) < 4.78 is 28.8. The summed E-state index contributed by atoms with van der Waals surface area (Å²) in [5.41, 5.74) is 0. The molecule has 1 saturated heterocycles. The topological polar surface area (TPSA) is 37.4 Å². The van der Waals surface area contributed by atoms with Crippen molar-refractivity contribution in [2.45, 2.75) is 55.2 Å². The lowest BCUT2D eigenvalue weighted by atomic mass is 9.83. The zero-order chi connectivity index (χ0) is 14.2. The minimum Gasteiger partial charge on any atom is -0.206 e. The maximum absolute atomic E-state index is 12.8. The van der Waals surface area contributed by atoms with Gasteiger partial charge in [-0.15, -0.1) is 11.3 Å². The first-order chi connectivity index (χ1) is 9.59. The van der Waals surface area contributed by atoms with Gasteiger partial charge in [-0.05, 0) is 59.7 Å². The fourth-order valence-electron chi connectivity index (χ4n) is 3.61. The van der Waals surface area contributed by atoms with Crippen molar-refractivity contribution in [2.75, 3.05) is 6.54 Å². The Labute approximate surface area is 133 Å². The molecule has 0 aromatic carbocycles. The van der Waals surface area contributed by atoms with Gasteiger partial charge in [-0.1, -0.05) is 19.3 Å². The van der Waals surface area contributed by atoms with Gasteiger partial charge >= 0.3 is 0 Å². The number of thiophene rings is 1. The van der Waals surface area contributed by atoms with Crippen LogP contribution in [0.3, 0.4) is 0 Å². The number of hydrogen-bond donors (Lipinski definition) is 0. The lowest BCUT2D eigenvalue weighted by Crippen LogP contribution is -2.40. The van der Waals surface area contributed by atoms with Gasteiger partial charge in [0.1, 0.15) is 4.21 Å². The van der Waals surface area contributed by atoms with E-state index < -0.39 is 10.0 Å². The Morgan fingerprint density at radius 2 is 1.85 bits per heavy atom. The summed E-state index contributed by atoms with van der Waals surface area (Å²) in [4.78, 5) is 0. The normalized spacial score (nSPS) is 26.1. The van der Waals surface area contributed by atoms with Crippen LogP contribution in [0.15, 0.2) is 20.1 Å². The number of hydrogen-bond acceptors (Lipinski definition) is 3. The third-order valence-corrected chi connectivity index (χ3v) is 8.57. The zero-order valence-corrected chi connectivity index (χ0v) is 14.6. The van der Waals surface area contributed by atoms with Gasteiger partial charge in [0.2, 0.25) is 0 Å². The van der Waals surface area contributed by atoms with Crippen LogP contribution in [0.25, 0.3) is 0 Å². The van der Waals surface area contributed by atoms with E-state index >= 15 is 0 Å². The molecule has 20 heavy (non-hydrogen) atoms. The Balaban J connectivity index is 1.84. The molecule has 0 N–H and O–H groups in total. The first-order valence-corrected chi connectivity index (χ1v) is 10.4. The first kappa shape index (κ1) is 15.0. The Kier molecular flexibility index (Phi) is 4.55. The molecule has 1 aliphatic heterocycles. The van der Waals surface area contributed by atoms with Crippen molar-refractivity contribution in [3.8, 4) is 0 Å². The van der Waals surface area contributed by atoms with Crippen molar-refractivity contribution in [2.24, 2.45) is 5.92 Å². The zero-order valence-electron chi connectivity index (χ0n) is 11.4. The van der Waals surface area contributed by atoms with Crippen molar-refractivity contribution in [1.29, 1.82) is 0 Å². The van der Waals surface area contributed by atoms with Gasteiger partial charge < -0.3 is 0 Å². The van der Waals surface area contributed by atoms with E-state index in [9.17, 15) is 8.42 Å². The van der Waals surface area contributed by atoms with E-state index in [-0.39, 0.29) is 6.04 Å². The molecule has 112 valence electrons. The van der Waals surface area contributed by atoms with Crippen LogP contribution >= 0.6 is 27.3 Å². The average Bonchev–Trinajstić information content (AvgIpc) is 3.08. The molecule has 2 heterocycles. The molecule has 3 rings (SSSR count). The molecule has 2 aliphatic rings. The third-order valence-electron chi connectivity index (χ3n) is 4.55. The molecule has 1 aromatic rings. The van der Waals surface area contributed by atoms with Gasteiger partial charge in [0, 0.05) is 12.6 Å². The highest BCUT2D eigenvalue weighted by molar-refractivity contribution is 9.11. The molecule has 0 radical (unpaired) electrons. The van der Waals surface area contributed by atoms with E-state index in [1.165, 1.54) is 43.4 Å². The van der Waals surface area contributed by atoms with Crippen molar-refractivity contribution in [1.82, 2.24) is 4.31 Å². The summed E-state index contributed by atoms with van der Waals surface area (Å²) in [5, 5.41) is 0. The highest BCUT2D eigenvalue weighted by atomic mass is 79.9. The molecule has 1 saturated carbocycles. The summed E-state index contributed by atoms with van der Waals surface area (Å²) in [6.07, 6.45) is 8.28. The van der Waals surface area contributed by atoms with E-state index in [4.69, 9.17) is 0 Å². The lowest BCUT2D eigenvalue weighted by Gasteiger charge is -2.33. The van der Waals surface area contributed by atoms with Crippen LogP contribution in [0.4, 0.5) is 0 Å². The van der Waals surface area contributed by atoms with Gasteiger partial charge in [-0.2, -0.15) is 4.31 Å². The molecule has 3 nitrogen and oxygen atoms in total. The lowest BCUT2D eigenvalue weighted by molar-refractivity contribution is 0.227. The minimum absolute atomic E-state index is 0.237. The van der Waals surface area contributed by atoms with Crippen LogP contribution in [0.5, 0.6) is 0 Å². The molecule has 1 unspecified atom stereocenters. The molecule has 1 aromatic heterocycles. The summed E-state index contributed by atoms with van der Waals surface area (Å²) in [6, 6.07) is 3.78. The third kappa shape index (κ3) is 2.85. The molecule has 1 atom stereocenters. The van der Waals surface area contributed by atoms with Crippen LogP contribution in [-0.4, -0.2) is 25.3 Å². The molecule has 0 amide bonds. The second-order valence-corrected chi connectivity index (χ2v) is 10.4. The molecule has 2 fully saturated rings. The van der Waals surface area contributed by atoms with Gasteiger partial charge in [0.05, 0.1) is 3.79 Å². The predicted octanol–water partition coefficient (Wildman–Crippen LogP) is 4.24. The van der Waals surface area contributed by atoms with Crippen LogP contribution < -0.4 is 0 Å². The Morgan fingerprint density at radius 3 is 2.50 bits per heavy atom. The number of sulfonamides is 1. The van der Waals surface area contributed by atoms with E-state index in [1.807, 2.05) is 6.07 Å². The van der Waals surface area contributed by atoms with E-state index in [0.717, 1.165) is 16.6 Å². The second kappa shape index (κ2) is 6.07. The smallest absolute Gasteiger partial charge is 0.206 e. The summed E-state index contributed by atoms with van der Waals surface area (Å²) in [7, 11) is -3.29. The van der Waals surface area contributed by atoms with Crippen molar-refractivity contribution in [3.05, 3.63) is 15.9 Å². The molecule has 0 spiro atoms. The standard InChI is InChI=1S/C14H20BrNO2S2/c15-13-8-9-14(19-13)20(17,18)16-10-4-7-12(16)11-5-2-1-3-6-11/h8-9,11-12H,1-7,10H2. The monoisotopic (exact) mass is 377 g/mol. The summed E-state index contributed by atoms with van der Waals surface area (Å²) >= 11 is 4.68. The van der Waals surface area contributed by atoms with E-state index in [0.29, 0.717) is 16.7 Å². The van der Waals surface area contributed by atoms with Gasteiger partial charge in [-0.3, -0.25) is 0 Å². The number of rotatable bonds is 3. The van der Waals surface area contributed by atoms with Crippen molar-refractivity contribution >= 4 is 37.3 Å². The highest BCUT2D eigenvalue weighted by Crippen LogP contribution is 2.38. The average molecular weight is 378 g/mol. The molecule has 1 aliphatic carbocycles. The van der Waals surface area contributed by atoms with Crippen LogP contribution in [0, 0.1) is 5.92 Å². The molecule has 6 heteroatoms. The quantitative estimate of drug-likeness (QED) is 0.789. The predicted molar refractivity (Wildman–Crippen MR) is 85.5 cm³/mol. The largest absolute Gasteiger partial charge is 0.252 e. The van der Waals surface area contributed by atoms with Crippen molar-refractivity contribution < 1.29 is 8.42 Å². The molecular weight excluding hydrogens is 358 g/mol. The molecule has 0 bridgehead atoms. The summed E-state index contributed by atoms with van der Waals surface area (Å²) in [6.45, 7) is 0.693. The maximum Gasteiger partial charge on any atom is 0.252 e. The second-order valence-electron chi connectivity index (χ2n) is 5.78. The van der Waals surface area contributed by atoms with Gasteiger partial charge in [0.25, 0.3) is 10.0 Å². The van der Waals surface area contributed by atoms with Crippen LogP contribution in [0.1, 0.15) is 44.9 Å². The Morgan fingerprint density at radius 1 is 1.10 bits per heavy atom. The minimum atomic E-state index is -3.29. The Hall–Kier alpha value is 0.0900. The van der Waals surface area contributed by atoms with Gasteiger partial charge in [0.15, 0.2) is 0 Å². The van der Waals surface area contributed by atoms with Gasteiger partial charge in [-0.25, -0.2) is 8.42 Å². The number of nitrogens with zero attached hydrogens (tertiary/aromatic N) is 1. The fraction of sp³-hybridized carbons (Fsp3) is 0.714. The SMILES string of the molecule is O=S(=O)(c1ccc(Br)s1)N1CCCC1C1CCCCC1. The first-order valence-electron chi connectivity index (χ1n) is 7.36. The number of halogens is 1.